The minimum Gasteiger partial charge on any atom is -0.398 e. The topological polar surface area (TPSA) is 46.3 Å². The number of halogens is 1. The molecule has 0 aromatic heterocycles. The van der Waals surface area contributed by atoms with Gasteiger partial charge in [0.25, 0.3) is 0 Å². The van der Waals surface area contributed by atoms with Crippen LogP contribution in [0.2, 0.25) is 0 Å². The summed E-state index contributed by atoms with van der Waals surface area (Å²) in [6.07, 6.45) is 0.392. The van der Waals surface area contributed by atoms with Crippen molar-refractivity contribution in [1.29, 1.82) is 0 Å². The number of anilines is 1. The van der Waals surface area contributed by atoms with E-state index in [0.717, 1.165) is 21.3 Å². The maximum atomic E-state index is 12.2. The molecule has 2 aromatic carbocycles. The van der Waals surface area contributed by atoms with E-state index in [1.165, 1.54) is 0 Å². The normalized spacial score (nSPS) is 10.3. The Morgan fingerprint density at radius 2 is 1.95 bits per heavy atom. The predicted molar refractivity (Wildman–Crippen MR) is 85.2 cm³/mol. The van der Waals surface area contributed by atoms with Crippen LogP contribution in [0.15, 0.2) is 53.0 Å². The Labute approximate surface area is 127 Å². The summed E-state index contributed by atoms with van der Waals surface area (Å²) in [5, 5.41) is 0. The van der Waals surface area contributed by atoms with E-state index in [4.69, 9.17) is 5.73 Å². The fourth-order valence-corrected chi connectivity index (χ4v) is 2.43. The van der Waals surface area contributed by atoms with Gasteiger partial charge in [0.2, 0.25) is 5.91 Å². The highest BCUT2D eigenvalue weighted by atomic mass is 79.9. The summed E-state index contributed by atoms with van der Waals surface area (Å²) in [6, 6.07) is 15.4. The number of nitrogens with two attached hydrogens (primary N) is 1. The highest BCUT2D eigenvalue weighted by Crippen LogP contribution is 2.15. The molecule has 0 radical (unpaired) electrons. The van der Waals surface area contributed by atoms with Crippen LogP contribution in [0.25, 0.3) is 0 Å². The first-order chi connectivity index (χ1) is 9.56. The molecule has 104 valence electrons. The Morgan fingerprint density at radius 3 is 2.65 bits per heavy atom. The van der Waals surface area contributed by atoms with Crippen molar-refractivity contribution >= 4 is 27.5 Å². The van der Waals surface area contributed by atoms with Crippen molar-refractivity contribution < 1.29 is 4.79 Å². The van der Waals surface area contributed by atoms with E-state index in [-0.39, 0.29) is 5.91 Å². The zero-order valence-electron chi connectivity index (χ0n) is 11.3. The first-order valence-corrected chi connectivity index (χ1v) is 7.17. The summed E-state index contributed by atoms with van der Waals surface area (Å²) in [5.74, 6) is 0.0753. The molecule has 3 nitrogen and oxygen atoms in total. The van der Waals surface area contributed by atoms with Gasteiger partial charge in [0.1, 0.15) is 0 Å². The average Bonchev–Trinajstić information content (AvgIpc) is 2.41. The number of nitrogens with zero attached hydrogens (tertiary/aromatic N) is 1. The molecule has 0 aliphatic heterocycles. The second-order valence-corrected chi connectivity index (χ2v) is 5.67. The predicted octanol–water partition coefficient (Wildman–Crippen LogP) is 3.23. The van der Waals surface area contributed by atoms with Gasteiger partial charge in [-0.15, -0.1) is 0 Å². The van der Waals surface area contributed by atoms with Gasteiger partial charge >= 0.3 is 0 Å². The fraction of sp³-hybridized carbons (Fsp3) is 0.188. The Bertz CT molecular complexity index is 613. The minimum absolute atomic E-state index is 0.0753. The minimum atomic E-state index is 0.0753. The van der Waals surface area contributed by atoms with Gasteiger partial charge < -0.3 is 10.6 Å². The Morgan fingerprint density at radius 1 is 1.20 bits per heavy atom. The third-order valence-corrected chi connectivity index (χ3v) is 3.63. The number of hydrogen-bond donors (Lipinski definition) is 1. The molecule has 0 heterocycles. The van der Waals surface area contributed by atoms with Gasteiger partial charge in [-0.25, -0.2) is 0 Å². The van der Waals surface area contributed by atoms with Gasteiger partial charge in [0.15, 0.2) is 0 Å². The molecule has 0 fully saturated rings. The van der Waals surface area contributed by atoms with Crippen LogP contribution in [-0.2, 0) is 17.8 Å². The summed E-state index contributed by atoms with van der Waals surface area (Å²) in [7, 11) is 1.80. The van der Waals surface area contributed by atoms with Crippen molar-refractivity contribution in [3.05, 3.63) is 64.1 Å². The van der Waals surface area contributed by atoms with Crippen LogP contribution < -0.4 is 5.73 Å². The van der Waals surface area contributed by atoms with E-state index in [1.807, 2.05) is 48.5 Å². The van der Waals surface area contributed by atoms with Crippen LogP contribution in [-0.4, -0.2) is 17.9 Å². The molecule has 20 heavy (non-hydrogen) atoms. The van der Waals surface area contributed by atoms with Gasteiger partial charge in [-0.2, -0.15) is 0 Å². The van der Waals surface area contributed by atoms with Crippen LogP contribution in [0.4, 0.5) is 5.69 Å². The number of rotatable bonds is 4. The molecular formula is C16H17BrN2O. The lowest BCUT2D eigenvalue weighted by Gasteiger charge is -2.18. The van der Waals surface area contributed by atoms with Gasteiger partial charge in [-0.05, 0) is 29.3 Å². The second kappa shape index (κ2) is 6.57. The zero-order chi connectivity index (χ0) is 14.5. The van der Waals surface area contributed by atoms with Crippen LogP contribution in [0, 0.1) is 0 Å². The van der Waals surface area contributed by atoms with Crippen molar-refractivity contribution in [3.63, 3.8) is 0 Å². The standard InChI is InChI=1S/C16H17BrN2O/c1-19(11-13-6-2-3-8-15(13)18)16(20)10-12-5-4-7-14(17)9-12/h2-9H,10-11,18H2,1H3. The smallest absolute Gasteiger partial charge is 0.227 e. The molecule has 0 unspecified atom stereocenters. The molecule has 1 amide bonds. The van der Waals surface area contributed by atoms with E-state index in [1.54, 1.807) is 11.9 Å². The number of carbonyl (C=O) groups excluding carboxylic acids is 1. The van der Waals surface area contributed by atoms with Gasteiger partial charge in [-0.1, -0.05) is 46.3 Å². The number of hydrogen-bond acceptors (Lipinski definition) is 2. The highest BCUT2D eigenvalue weighted by molar-refractivity contribution is 9.10. The number of para-hydroxylation sites is 1. The molecular weight excluding hydrogens is 316 g/mol. The molecule has 2 N–H and O–H groups in total. The van der Waals surface area contributed by atoms with Gasteiger partial charge in [-0.3, -0.25) is 4.79 Å². The van der Waals surface area contributed by atoms with Crippen molar-refractivity contribution in [2.24, 2.45) is 0 Å². The summed E-state index contributed by atoms with van der Waals surface area (Å²) in [4.78, 5) is 13.9. The summed E-state index contributed by atoms with van der Waals surface area (Å²) in [5.41, 5.74) is 8.58. The molecule has 0 aliphatic carbocycles. The molecule has 2 rings (SSSR count). The summed E-state index contributed by atoms with van der Waals surface area (Å²) in [6.45, 7) is 0.527. The van der Waals surface area contributed by atoms with Crippen LogP contribution >= 0.6 is 15.9 Å². The van der Waals surface area contributed by atoms with Gasteiger partial charge in [0, 0.05) is 23.8 Å². The number of nitrogen functional groups attached to an aromatic ring is 1. The average molecular weight is 333 g/mol. The monoisotopic (exact) mass is 332 g/mol. The molecule has 0 aliphatic rings. The van der Waals surface area contributed by atoms with Crippen molar-refractivity contribution in [1.82, 2.24) is 4.90 Å². The molecule has 0 bridgehead atoms. The molecule has 4 heteroatoms. The van der Waals surface area contributed by atoms with Crippen LogP contribution in [0.3, 0.4) is 0 Å². The van der Waals surface area contributed by atoms with E-state index >= 15 is 0 Å². The third-order valence-electron chi connectivity index (χ3n) is 3.13. The van der Waals surface area contributed by atoms with Crippen molar-refractivity contribution in [3.8, 4) is 0 Å². The molecule has 0 atom stereocenters. The van der Waals surface area contributed by atoms with E-state index in [0.29, 0.717) is 13.0 Å². The Kier molecular flexibility index (Phi) is 4.79. The van der Waals surface area contributed by atoms with Gasteiger partial charge in [0.05, 0.1) is 6.42 Å². The second-order valence-electron chi connectivity index (χ2n) is 4.76. The zero-order valence-corrected chi connectivity index (χ0v) is 12.9. The van der Waals surface area contributed by atoms with Crippen LogP contribution in [0.1, 0.15) is 11.1 Å². The molecule has 0 saturated heterocycles. The van der Waals surface area contributed by atoms with E-state index in [2.05, 4.69) is 15.9 Å². The number of amides is 1. The molecule has 2 aromatic rings. The summed E-state index contributed by atoms with van der Waals surface area (Å²) < 4.78 is 0.984. The summed E-state index contributed by atoms with van der Waals surface area (Å²) >= 11 is 3.41. The van der Waals surface area contributed by atoms with E-state index < -0.39 is 0 Å². The maximum Gasteiger partial charge on any atom is 0.227 e. The maximum absolute atomic E-state index is 12.2. The lowest BCUT2D eigenvalue weighted by Crippen LogP contribution is -2.28. The van der Waals surface area contributed by atoms with Crippen molar-refractivity contribution in [2.75, 3.05) is 12.8 Å². The Balaban J connectivity index is 2.01. The van der Waals surface area contributed by atoms with E-state index in [9.17, 15) is 4.79 Å². The number of likely N-dealkylation sites (N-methyl/N-ethyl adjacent to an activating group) is 1. The lowest BCUT2D eigenvalue weighted by molar-refractivity contribution is -0.129. The number of carbonyl (C=O) groups is 1. The highest BCUT2D eigenvalue weighted by Gasteiger charge is 2.11. The third kappa shape index (κ3) is 3.84. The molecule has 0 spiro atoms. The Hall–Kier alpha value is -1.81. The lowest BCUT2D eigenvalue weighted by atomic mass is 10.1. The first-order valence-electron chi connectivity index (χ1n) is 6.38. The SMILES string of the molecule is CN(Cc1ccccc1N)C(=O)Cc1cccc(Br)c1. The fourth-order valence-electron chi connectivity index (χ4n) is 1.98. The van der Waals surface area contributed by atoms with Crippen LogP contribution in [0.5, 0.6) is 0 Å². The largest absolute Gasteiger partial charge is 0.398 e. The first kappa shape index (κ1) is 14.6. The number of benzene rings is 2. The quantitative estimate of drug-likeness (QED) is 0.873. The van der Waals surface area contributed by atoms with Crippen molar-refractivity contribution in [2.45, 2.75) is 13.0 Å². The molecule has 0 saturated carbocycles.